The van der Waals surface area contributed by atoms with Gasteiger partial charge in [0.05, 0.1) is 0 Å². The van der Waals surface area contributed by atoms with Crippen molar-refractivity contribution in [2.24, 2.45) is 0 Å². The summed E-state index contributed by atoms with van der Waals surface area (Å²) in [5.41, 5.74) is 1.65. The van der Waals surface area contributed by atoms with Crippen LogP contribution in [0, 0.1) is 6.92 Å². The lowest BCUT2D eigenvalue weighted by Gasteiger charge is -2.21. The maximum absolute atomic E-state index is 10.9. The molecule has 0 spiro atoms. The van der Waals surface area contributed by atoms with Crippen LogP contribution in [0.2, 0.25) is 0 Å². The summed E-state index contributed by atoms with van der Waals surface area (Å²) in [5.74, 6) is -0.685. The number of aryl methyl sites for hydroxylation is 1. The van der Waals surface area contributed by atoms with Crippen molar-refractivity contribution in [1.82, 2.24) is 9.97 Å². The molecule has 4 heteroatoms. The number of hydrogen-bond acceptors (Lipinski definition) is 3. The number of carboxylic acid groups (broad SMARTS) is 1. The summed E-state index contributed by atoms with van der Waals surface area (Å²) in [6, 6.07) is 1.92. The van der Waals surface area contributed by atoms with Crippen molar-refractivity contribution in [3.05, 3.63) is 23.3 Å². The predicted octanol–water partition coefficient (Wildman–Crippen LogP) is 2.53. The van der Waals surface area contributed by atoms with Gasteiger partial charge in [-0.3, -0.25) is 0 Å². The van der Waals surface area contributed by atoms with Crippen LogP contribution in [0.1, 0.15) is 60.0 Å². The van der Waals surface area contributed by atoms with Crippen molar-refractivity contribution in [1.29, 1.82) is 0 Å². The molecule has 1 fully saturated rings. The second-order valence-corrected chi connectivity index (χ2v) is 4.40. The SMILES string of the molecule is Cc1cc(C2CCCCC2)nc(C(=O)O)n1. The summed E-state index contributed by atoms with van der Waals surface area (Å²) in [4.78, 5) is 18.9. The van der Waals surface area contributed by atoms with Gasteiger partial charge in [-0.1, -0.05) is 19.3 Å². The van der Waals surface area contributed by atoms with Crippen LogP contribution in [0.15, 0.2) is 6.07 Å². The summed E-state index contributed by atoms with van der Waals surface area (Å²) < 4.78 is 0. The number of nitrogens with zero attached hydrogens (tertiary/aromatic N) is 2. The van der Waals surface area contributed by atoms with E-state index in [1.807, 2.05) is 13.0 Å². The third-order valence-electron chi connectivity index (χ3n) is 3.09. The molecule has 0 unspecified atom stereocenters. The Morgan fingerprint density at radius 1 is 1.31 bits per heavy atom. The van der Waals surface area contributed by atoms with Crippen molar-refractivity contribution >= 4 is 5.97 Å². The molecule has 1 heterocycles. The quantitative estimate of drug-likeness (QED) is 0.831. The molecule has 1 aliphatic carbocycles. The molecule has 4 nitrogen and oxygen atoms in total. The molecule has 1 aromatic rings. The van der Waals surface area contributed by atoms with Crippen LogP contribution in [-0.4, -0.2) is 21.0 Å². The third-order valence-corrected chi connectivity index (χ3v) is 3.09. The third kappa shape index (κ3) is 2.38. The highest BCUT2D eigenvalue weighted by molar-refractivity contribution is 5.83. The average molecular weight is 220 g/mol. The number of carboxylic acids is 1. The molecule has 1 aliphatic rings. The second kappa shape index (κ2) is 4.60. The summed E-state index contributed by atoms with van der Waals surface area (Å²) >= 11 is 0. The minimum Gasteiger partial charge on any atom is -0.475 e. The van der Waals surface area contributed by atoms with E-state index in [2.05, 4.69) is 9.97 Å². The van der Waals surface area contributed by atoms with Crippen LogP contribution >= 0.6 is 0 Å². The van der Waals surface area contributed by atoms with Crippen molar-refractivity contribution in [2.45, 2.75) is 44.9 Å². The Balaban J connectivity index is 2.28. The van der Waals surface area contributed by atoms with E-state index in [-0.39, 0.29) is 5.82 Å². The van der Waals surface area contributed by atoms with E-state index in [1.165, 1.54) is 19.3 Å². The molecule has 1 N–H and O–H groups in total. The Labute approximate surface area is 94.7 Å². The van der Waals surface area contributed by atoms with E-state index in [0.29, 0.717) is 5.92 Å². The fourth-order valence-corrected chi connectivity index (χ4v) is 2.30. The zero-order chi connectivity index (χ0) is 11.5. The van der Waals surface area contributed by atoms with Gasteiger partial charge in [-0.2, -0.15) is 0 Å². The largest absolute Gasteiger partial charge is 0.475 e. The lowest BCUT2D eigenvalue weighted by Crippen LogP contribution is -2.12. The first kappa shape index (κ1) is 11.0. The molecule has 2 rings (SSSR count). The molecular weight excluding hydrogens is 204 g/mol. The molecule has 0 amide bonds. The van der Waals surface area contributed by atoms with E-state index in [9.17, 15) is 4.79 Å². The zero-order valence-corrected chi connectivity index (χ0v) is 9.44. The minimum atomic E-state index is -1.04. The fourth-order valence-electron chi connectivity index (χ4n) is 2.30. The van der Waals surface area contributed by atoms with E-state index in [0.717, 1.165) is 24.2 Å². The Morgan fingerprint density at radius 2 is 2.00 bits per heavy atom. The molecule has 1 aromatic heterocycles. The van der Waals surface area contributed by atoms with Gasteiger partial charge in [-0.15, -0.1) is 0 Å². The first-order chi connectivity index (χ1) is 7.66. The number of carbonyl (C=O) groups is 1. The average Bonchev–Trinajstić information content (AvgIpc) is 2.29. The normalized spacial score (nSPS) is 17.3. The number of hydrogen-bond donors (Lipinski definition) is 1. The predicted molar refractivity (Wildman–Crippen MR) is 59.6 cm³/mol. The first-order valence-corrected chi connectivity index (χ1v) is 5.75. The Kier molecular flexibility index (Phi) is 3.17. The second-order valence-electron chi connectivity index (χ2n) is 4.40. The van der Waals surface area contributed by atoms with Gasteiger partial charge in [-0.25, -0.2) is 14.8 Å². The van der Waals surface area contributed by atoms with E-state index >= 15 is 0 Å². The Hall–Kier alpha value is -1.45. The summed E-state index contributed by atoms with van der Waals surface area (Å²) in [7, 11) is 0. The van der Waals surface area contributed by atoms with Gasteiger partial charge in [0.1, 0.15) is 0 Å². The molecule has 0 radical (unpaired) electrons. The molecular formula is C12H16N2O2. The molecule has 0 atom stereocenters. The minimum absolute atomic E-state index is 0.0689. The zero-order valence-electron chi connectivity index (χ0n) is 9.44. The monoisotopic (exact) mass is 220 g/mol. The molecule has 16 heavy (non-hydrogen) atoms. The summed E-state index contributed by atoms with van der Waals surface area (Å²) in [6.45, 7) is 1.82. The molecule has 0 saturated heterocycles. The fraction of sp³-hybridized carbons (Fsp3) is 0.583. The molecule has 0 aliphatic heterocycles. The van der Waals surface area contributed by atoms with E-state index in [1.54, 1.807) is 0 Å². The van der Waals surface area contributed by atoms with Crippen molar-refractivity contribution < 1.29 is 9.90 Å². The molecule has 1 saturated carbocycles. The van der Waals surface area contributed by atoms with Gasteiger partial charge in [0.2, 0.25) is 5.82 Å². The Bertz CT molecular complexity index is 398. The number of aromatic carboxylic acids is 1. The highest BCUT2D eigenvalue weighted by atomic mass is 16.4. The van der Waals surface area contributed by atoms with Crippen LogP contribution in [-0.2, 0) is 0 Å². The van der Waals surface area contributed by atoms with Gasteiger partial charge in [0.15, 0.2) is 0 Å². The maximum atomic E-state index is 10.9. The van der Waals surface area contributed by atoms with Crippen molar-refractivity contribution in [2.75, 3.05) is 0 Å². The number of rotatable bonds is 2. The highest BCUT2D eigenvalue weighted by Crippen LogP contribution is 2.31. The van der Waals surface area contributed by atoms with Gasteiger partial charge >= 0.3 is 5.97 Å². The van der Waals surface area contributed by atoms with Crippen molar-refractivity contribution in [3.63, 3.8) is 0 Å². The lowest BCUT2D eigenvalue weighted by atomic mass is 9.86. The standard InChI is InChI=1S/C12H16N2O2/c1-8-7-10(9-5-3-2-4-6-9)14-11(13-8)12(15)16/h7,9H,2-6H2,1H3,(H,15,16). The van der Waals surface area contributed by atoms with Crippen LogP contribution in [0.4, 0.5) is 0 Å². The van der Waals surface area contributed by atoms with Crippen LogP contribution < -0.4 is 0 Å². The lowest BCUT2D eigenvalue weighted by molar-refractivity contribution is 0.0682. The van der Waals surface area contributed by atoms with Crippen LogP contribution in [0.25, 0.3) is 0 Å². The van der Waals surface area contributed by atoms with Crippen LogP contribution in [0.3, 0.4) is 0 Å². The van der Waals surface area contributed by atoms with E-state index in [4.69, 9.17) is 5.11 Å². The number of aromatic nitrogens is 2. The van der Waals surface area contributed by atoms with Gasteiger partial charge in [0, 0.05) is 17.3 Å². The van der Waals surface area contributed by atoms with Crippen LogP contribution in [0.5, 0.6) is 0 Å². The summed E-state index contributed by atoms with van der Waals surface area (Å²) in [6.07, 6.45) is 5.96. The smallest absolute Gasteiger partial charge is 0.373 e. The highest BCUT2D eigenvalue weighted by Gasteiger charge is 2.19. The van der Waals surface area contributed by atoms with Gasteiger partial charge < -0.3 is 5.11 Å². The maximum Gasteiger partial charge on any atom is 0.373 e. The van der Waals surface area contributed by atoms with Gasteiger partial charge in [0.25, 0.3) is 0 Å². The Morgan fingerprint density at radius 3 is 2.62 bits per heavy atom. The topological polar surface area (TPSA) is 63.1 Å². The summed E-state index contributed by atoms with van der Waals surface area (Å²) in [5, 5.41) is 8.91. The molecule has 0 aromatic carbocycles. The first-order valence-electron chi connectivity index (χ1n) is 5.75. The molecule has 0 bridgehead atoms. The molecule has 86 valence electrons. The van der Waals surface area contributed by atoms with Crippen molar-refractivity contribution in [3.8, 4) is 0 Å². The van der Waals surface area contributed by atoms with Gasteiger partial charge in [-0.05, 0) is 25.8 Å². The van der Waals surface area contributed by atoms with E-state index < -0.39 is 5.97 Å².